The van der Waals surface area contributed by atoms with Crippen molar-refractivity contribution in [2.75, 3.05) is 6.54 Å². The highest BCUT2D eigenvalue weighted by Gasteiger charge is 2.35. The Labute approximate surface area is 102 Å². The molecule has 3 unspecified atom stereocenters. The molecular weight excluding hydrogens is 194 g/mol. The smallest absolute Gasteiger partial charge is 0.00462 e. The lowest BCUT2D eigenvalue weighted by molar-refractivity contribution is 0.0895. The first kappa shape index (κ1) is 14.0. The van der Waals surface area contributed by atoms with Gasteiger partial charge in [0, 0.05) is 0 Å². The van der Waals surface area contributed by atoms with Crippen LogP contribution >= 0.6 is 0 Å². The van der Waals surface area contributed by atoms with Gasteiger partial charge in [-0.1, -0.05) is 34.6 Å². The molecule has 0 radical (unpaired) electrons. The Bertz CT molecular complexity index is 202. The first-order valence-corrected chi connectivity index (χ1v) is 7.04. The lowest BCUT2D eigenvalue weighted by Crippen LogP contribution is -2.35. The monoisotopic (exact) mass is 225 g/mol. The lowest BCUT2D eigenvalue weighted by Gasteiger charge is -2.42. The second-order valence-electron chi connectivity index (χ2n) is 7.26. The van der Waals surface area contributed by atoms with Gasteiger partial charge in [0.25, 0.3) is 0 Å². The van der Waals surface area contributed by atoms with E-state index in [2.05, 4.69) is 34.6 Å². The van der Waals surface area contributed by atoms with Crippen LogP contribution in [0, 0.1) is 29.1 Å². The van der Waals surface area contributed by atoms with Gasteiger partial charge in [-0.15, -0.1) is 0 Å². The van der Waals surface area contributed by atoms with Crippen LogP contribution in [-0.2, 0) is 0 Å². The van der Waals surface area contributed by atoms with E-state index in [1.54, 1.807) is 0 Å². The summed E-state index contributed by atoms with van der Waals surface area (Å²) in [5.41, 5.74) is 6.40. The number of hydrogen-bond donors (Lipinski definition) is 1. The Morgan fingerprint density at radius 2 is 1.75 bits per heavy atom. The van der Waals surface area contributed by atoms with E-state index in [-0.39, 0.29) is 0 Å². The summed E-state index contributed by atoms with van der Waals surface area (Å²) in [6, 6.07) is 0. The third-order valence-electron chi connectivity index (χ3n) is 4.44. The zero-order valence-corrected chi connectivity index (χ0v) is 11.9. The molecule has 0 aromatic carbocycles. The molecule has 1 aliphatic rings. The molecule has 0 saturated heterocycles. The van der Waals surface area contributed by atoms with Crippen molar-refractivity contribution in [3.05, 3.63) is 0 Å². The molecule has 16 heavy (non-hydrogen) atoms. The van der Waals surface area contributed by atoms with Crippen LogP contribution in [0.5, 0.6) is 0 Å². The quantitative estimate of drug-likeness (QED) is 0.770. The van der Waals surface area contributed by atoms with Crippen molar-refractivity contribution in [1.29, 1.82) is 0 Å². The summed E-state index contributed by atoms with van der Waals surface area (Å²) in [7, 11) is 0. The molecule has 0 heterocycles. The molecule has 0 amide bonds. The highest BCUT2D eigenvalue weighted by molar-refractivity contribution is 4.86. The van der Waals surface area contributed by atoms with Crippen LogP contribution in [0.1, 0.15) is 60.3 Å². The molecule has 0 aromatic heterocycles. The van der Waals surface area contributed by atoms with E-state index in [0.717, 1.165) is 30.2 Å². The summed E-state index contributed by atoms with van der Waals surface area (Å²) >= 11 is 0. The van der Waals surface area contributed by atoms with Gasteiger partial charge in [-0.05, 0) is 61.3 Å². The van der Waals surface area contributed by atoms with E-state index in [4.69, 9.17) is 5.73 Å². The van der Waals surface area contributed by atoms with Crippen molar-refractivity contribution in [2.24, 2.45) is 34.8 Å². The molecule has 3 atom stereocenters. The molecule has 1 saturated carbocycles. The zero-order chi connectivity index (χ0) is 12.3. The van der Waals surface area contributed by atoms with E-state index < -0.39 is 0 Å². The fourth-order valence-corrected chi connectivity index (χ4v) is 3.32. The van der Waals surface area contributed by atoms with Gasteiger partial charge in [0.1, 0.15) is 0 Å². The molecule has 1 fully saturated rings. The first-order chi connectivity index (χ1) is 7.34. The highest BCUT2D eigenvalue weighted by Crippen LogP contribution is 2.44. The minimum Gasteiger partial charge on any atom is -0.330 e. The summed E-state index contributed by atoms with van der Waals surface area (Å²) in [6.45, 7) is 12.8. The maximum absolute atomic E-state index is 5.92. The van der Waals surface area contributed by atoms with Crippen LogP contribution in [0.25, 0.3) is 0 Å². The molecule has 0 aromatic rings. The normalized spacial score (nSPS) is 32.1. The summed E-state index contributed by atoms with van der Waals surface area (Å²) < 4.78 is 0. The highest BCUT2D eigenvalue weighted by atomic mass is 14.6. The first-order valence-electron chi connectivity index (χ1n) is 7.04. The Morgan fingerprint density at radius 3 is 2.19 bits per heavy atom. The van der Waals surface area contributed by atoms with E-state index in [1.165, 1.54) is 25.7 Å². The Hall–Kier alpha value is -0.0400. The molecule has 0 spiro atoms. The topological polar surface area (TPSA) is 26.0 Å². The van der Waals surface area contributed by atoms with Crippen molar-refractivity contribution in [1.82, 2.24) is 0 Å². The molecule has 1 rings (SSSR count). The van der Waals surface area contributed by atoms with Crippen LogP contribution in [0.2, 0.25) is 0 Å². The number of nitrogens with two attached hydrogens (primary N) is 1. The van der Waals surface area contributed by atoms with Crippen LogP contribution in [-0.4, -0.2) is 6.54 Å². The van der Waals surface area contributed by atoms with Gasteiger partial charge >= 0.3 is 0 Å². The van der Waals surface area contributed by atoms with Gasteiger partial charge in [-0.25, -0.2) is 0 Å². The van der Waals surface area contributed by atoms with E-state index in [9.17, 15) is 0 Å². The van der Waals surface area contributed by atoms with E-state index in [0.29, 0.717) is 5.41 Å². The summed E-state index contributed by atoms with van der Waals surface area (Å²) in [5.74, 6) is 3.39. The lowest BCUT2D eigenvalue weighted by atomic mass is 9.64. The molecule has 1 aliphatic carbocycles. The second kappa shape index (κ2) is 5.53. The number of rotatable bonds is 3. The zero-order valence-electron chi connectivity index (χ0n) is 11.9. The number of hydrogen-bond acceptors (Lipinski definition) is 1. The molecule has 1 nitrogen and oxygen atoms in total. The van der Waals surface area contributed by atoms with Crippen LogP contribution in [0.15, 0.2) is 0 Å². The van der Waals surface area contributed by atoms with Crippen molar-refractivity contribution >= 4 is 0 Å². The van der Waals surface area contributed by atoms with Gasteiger partial charge in [0.2, 0.25) is 0 Å². The molecule has 0 bridgehead atoms. The van der Waals surface area contributed by atoms with Crippen LogP contribution in [0.3, 0.4) is 0 Å². The Balaban J connectivity index is 2.61. The Kier molecular flexibility index (Phi) is 4.85. The van der Waals surface area contributed by atoms with Crippen molar-refractivity contribution < 1.29 is 0 Å². The second-order valence-corrected chi connectivity index (χ2v) is 7.26. The van der Waals surface area contributed by atoms with Crippen molar-refractivity contribution in [3.63, 3.8) is 0 Å². The SMILES string of the molecule is CC(C)CC1CC(C(C)(C)C)CCC1CN. The summed E-state index contributed by atoms with van der Waals surface area (Å²) in [5, 5.41) is 0. The minimum absolute atomic E-state index is 0.481. The largest absolute Gasteiger partial charge is 0.330 e. The third-order valence-corrected chi connectivity index (χ3v) is 4.44. The molecular formula is C15H31N. The maximum atomic E-state index is 5.92. The van der Waals surface area contributed by atoms with Crippen LogP contribution in [0.4, 0.5) is 0 Å². The maximum Gasteiger partial charge on any atom is -0.00462 e. The fraction of sp³-hybridized carbons (Fsp3) is 1.00. The standard InChI is InChI=1S/C15H31N/c1-11(2)8-13-9-14(15(3,4)5)7-6-12(13)10-16/h11-14H,6-10,16H2,1-5H3. The van der Waals surface area contributed by atoms with Crippen molar-refractivity contribution in [2.45, 2.75) is 60.3 Å². The van der Waals surface area contributed by atoms with Crippen molar-refractivity contribution in [3.8, 4) is 0 Å². The molecule has 2 N–H and O–H groups in total. The summed E-state index contributed by atoms with van der Waals surface area (Å²) in [4.78, 5) is 0. The van der Waals surface area contributed by atoms with E-state index >= 15 is 0 Å². The van der Waals surface area contributed by atoms with Gasteiger partial charge < -0.3 is 5.73 Å². The van der Waals surface area contributed by atoms with Gasteiger partial charge in [-0.2, -0.15) is 0 Å². The third kappa shape index (κ3) is 3.76. The molecule has 0 aliphatic heterocycles. The fourth-order valence-electron chi connectivity index (χ4n) is 3.32. The van der Waals surface area contributed by atoms with Gasteiger partial charge in [0.05, 0.1) is 0 Å². The summed E-state index contributed by atoms with van der Waals surface area (Å²) in [6.07, 6.45) is 5.52. The van der Waals surface area contributed by atoms with Gasteiger partial charge in [-0.3, -0.25) is 0 Å². The average molecular weight is 225 g/mol. The Morgan fingerprint density at radius 1 is 1.12 bits per heavy atom. The van der Waals surface area contributed by atoms with E-state index in [1.807, 2.05) is 0 Å². The predicted octanol–water partition coefficient (Wildman–Crippen LogP) is 4.07. The average Bonchev–Trinajstić information content (AvgIpc) is 2.15. The van der Waals surface area contributed by atoms with Gasteiger partial charge in [0.15, 0.2) is 0 Å². The molecule has 96 valence electrons. The minimum atomic E-state index is 0.481. The van der Waals surface area contributed by atoms with Crippen LogP contribution < -0.4 is 5.73 Å². The predicted molar refractivity (Wildman–Crippen MR) is 72.3 cm³/mol. The molecule has 1 heteroatoms.